The van der Waals surface area contributed by atoms with Crippen LogP contribution in [0.1, 0.15) is 36.9 Å². The Morgan fingerprint density at radius 3 is 2.78 bits per heavy atom. The van der Waals surface area contributed by atoms with Gasteiger partial charge in [-0.05, 0) is 43.4 Å². The second-order valence-electron chi connectivity index (χ2n) is 5.45. The molecule has 2 fully saturated rings. The summed E-state index contributed by atoms with van der Waals surface area (Å²) in [5.41, 5.74) is 7.77. The van der Waals surface area contributed by atoms with E-state index in [4.69, 9.17) is 11.0 Å². The lowest BCUT2D eigenvalue weighted by Crippen LogP contribution is -2.46. The van der Waals surface area contributed by atoms with Crippen LogP contribution in [0.5, 0.6) is 0 Å². The first-order chi connectivity index (χ1) is 8.76. The van der Waals surface area contributed by atoms with Crippen LogP contribution in [0.15, 0.2) is 18.3 Å². The largest absolute Gasteiger partial charge is 0.328 e. The highest BCUT2D eigenvalue weighted by Crippen LogP contribution is 2.36. The first-order valence-corrected chi connectivity index (χ1v) is 6.62. The van der Waals surface area contributed by atoms with Gasteiger partial charge in [0.1, 0.15) is 11.8 Å². The van der Waals surface area contributed by atoms with E-state index in [1.165, 1.54) is 18.4 Å². The molecule has 0 saturated carbocycles. The molecule has 0 spiro atoms. The van der Waals surface area contributed by atoms with E-state index in [9.17, 15) is 0 Å². The lowest BCUT2D eigenvalue weighted by Gasteiger charge is -2.37. The van der Waals surface area contributed by atoms with Crippen molar-refractivity contribution in [3.8, 4) is 6.07 Å². The standard InChI is InChI=1S/C14H18N4/c15-8-12-5-10(3-4-17-12)9-18-13-1-2-14(18)7-11(16)6-13/h3-5,11,13-14H,1-2,6-7,9,16H2. The topological polar surface area (TPSA) is 65.9 Å². The molecule has 4 heteroatoms. The van der Waals surface area contributed by atoms with Crippen molar-refractivity contribution in [1.29, 1.82) is 5.26 Å². The van der Waals surface area contributed by atoms with Gasteiger partial charge in [-0.1, -0.05) is 0 Å². The molecular formula is C14H18N4. The minimum atomic E-state index is 0.380. The number of hydrogen-bond acceptors (Lipinski definition) is 4. The van der Waals surface area contributed by atoms with Crippen molar-refractivity contribution in [3.63, 3.8) is 0 Å². The summed E-state index contributed by atoms with van der Waals surface area (Å²) in [4.78, 5) is 6.59. The summed E-state index contributed by atoms with van der Waals surface area (Å²) in [6, 6.07) is 7.66. The number of hydrogen-bond donors (Lipinski definition) is 1. The van der Waals surface area contributed by atoms with E-state index >= 15 is 0 Å². The van der Waals surface area contributed by atoms with Gasteiger partial charge in [0.2, 0.25) is 0 Å². The van der Waals surface area contributed by atoms with Crippen molar-refractivity contribution < 1.29 is 0 Å². The van der Waals surface area contributed by atoms with Crippen LogP contribution in [-0.2, 0) is 6.54 Å². The third kappa shape index (κ3) is 2.12. The SMILES string of the molecule is N#Cc1cc(CN2C3CCC2CC(N)C3)ccn1. The number of rotatable bonds is 2. The van der Waals surface area contributed by atoms with Crippen LogP contribution in [0.4, 0.5) is 0 Å². The molecule has 4 nitrogen and oxygen atoms in total. The zero-order chi connectivity index (χ0) is 12.5. The van der Waals surface area contributed by atoms with Crippen molar-refractivity contribution in [1.82, 2.24) is 9.88 Å². The lowest BCUT2D eigenvalue weighted by molar-refractivity contribution is 0.120. The number of aromatic nitrogens is 1. The van der Waals surface area contributed by atoms with Crippen molar-refractivity contribution in [3.05, 3.63) is 29.6 Å². The molecule has 2 atom stereocenters. The first kappa shape index (κ1) is 11.6. The Bertz CT molecular complexity index is 465. The molecule has 2 saturated heterocycles. The summed E-state index contributed by atoms with van der Waals surface area (Å²) in [6.07, 6.45) is 6.51. The van der Waals surface area contributed by atoms with Crippen LogP contribution >= 0.6 is 0 Å². The predicted molar refractivity (Wildman–Crippen MR) is 68.5 cm³/mol. The number of nitrogens with zero attached hydrogens (tertiary/aromatic N) is 3. The van der Waals surface area contributed by atoms with Crippen molar-refractivity contribution in [2.45, 2.75) is 50.4 Å². The smallest absolute Gasteiger partial charge is 0.140 e. The zero-order valence-corrected chi connectivity index (χ0v) is 10.4. The van der Waals surface area contributed by atoms with E-state index in [2.05, 4.69) is 16.0 Å². The Morgan fingerprint density at radius 1 is 1.39 bits per heavy atom. The fourth-order valence-corrected chi connectivity index (χ4v) is 3.42. The van der Waals surface area contributed by atoms with Gasteiger partial charge in [-0.25, -0.2) is 4.98 Å². The second kappa shape index (κ2) is 4.68. The van der Waals surface area contributed by atoms with E-state index in [0.29, 0.717) is 23.8 Å². The van der Waals surface area contributed by atoms with E-state index < -0.39 is 0 Å². The van der Waals surface area contributed by atoms with Crippen LogP contribution < -0.4 is 5.73 Å². The van der Waals surface area contributed by atoms with Gasteiger partial charge in [0.05, 0.1) is 0 Å². The average molecular weight is 242 g/mol. The van der Waals surface area contributed by atoms with Gasteiger partial charge < -0.3 is 5.73 Å². The van der Waals surface area contributed by atoms with Gasteiger partial charge >= 0.3 is 0 Å². The molecular weight excluding hydrogens is 224 g/mol. The van der Waals surface area contributed by atoms with E-state index in [-0.39, 0.29) is 0 Å². The van der Waals surface area contributed by atoms with E-state index in [0.717, 1.165) is 19.4 Å². The predicted octanol–water partition coefficient (Wildman–Crippen LogP) is 1.41. The van der Waals surface area contributed by atoms with Gasteiger partial charge in [-0.15, -0.1) is 0 Å². The van der Waals surface area contributed by atoms with Gasteiger partial charge in [0.15, 0.2) is 0 Å². The molecule has 3 heterocycles. The zero-order valence-electron chi connectivity index (χ0n) is 10.4. The molecule has 2 N–H and O–H groups in total. The Morgan fingerprint density at radius 2 is 2.11 bits per heavy atom. The van der Waals surface area contributed by atoms with Gasteiger partial charge in [0, 0.05) is 30.9 Å². The van der Waals surface area contributed by atoms with E-state index in [1.807, 2.05) is 12.1 Å². The van der Waals surface area contributed by atoms with Crippen LogP contribution in [0.25, 0.3) is 0 Å². The molecule has 0 aliphatic carbocycles. The summed E-state index contributed by atoms with van der Waals surface area (Å²) >= 11 is 0. The second-order valence-corrected chi connectivity index (χ2v) is 5.45. The Labute approximate surface area is 107 Å². The van der Waals surface area contributed by atoms with Crippen LogP contribution in [0.2, 0.25) is 0 Å². The quantitative estimate of drug-likeness (QED) is 0.851. The summed E-state index contributed by atoms with van der Waals surface area (Å²) in [5.74, 6) is 0. The summed E-state index contributed by atoms with van der Waals surface area (Å²) in [5, 5.41) is 8.88. The van der Waals surface area contributed by atoms with Crippen LogP contribution in [0.3, 0.4) is 0 Å². The van der Waals surface area contributed by atoms with Crippen molar-refractivity contribution in [2.75, 3.05) is 0 Å². The summed E-state index contributed by atoms with van der Waals surface area (Å²) in [7, 11) is 0. The number of piperidine rings is 1. The molecule has 0 radical (unpaired) electrons. The van der Waals surface area contributed by atoms with E-state index in [1.54, 1.807) is 6.20 Å². The molecule has 2 unspecified atom stereocenters. The van der Waals surface area contributed by atoms with Crippen molar-refractivity contribution in [2.24, 2.45) is 5.73 Å². The Hall–Kier alpha value is -1.44. The number of nitrogens with two attached hydrogens (primary N) is 1. The minimum absolute atomic E-state index is 0.380. The molecule has 1 aromatic rings. The maximum atomic E-state index is 8.88. The van der Waals surface area contributed by atoms with Crippen LogP contribution in [0, 0.1) is 11.3 Å². The third-order valence-corrected chi connectivity index (χ3v) is 4.22. The molecule has 1 aromatic heterocycles. The summed E-state index contributed by atoms with van der Waals surface area (Å²) < 4.78 is 0. The molecule has 2 aliphatic heterocycles. The summed E-state index contributed by atoms with van der Waals surface area (Å²) in [6.45, 7) is 0.930. The highest BCUT2D eigenvalue weighted by atomic mass is 15.2. The molecule has 0 aromatic carbocycles. The number of pyridine rings is 1. The minimum Gasteiger partial charge on any atom is -0.328 e. The van der Waals surface area contributed by atoms with Gasteiger partial charge in [-0.3, -0.25) is 4.90 Å². The Balaban J connectivity index is 1.75. The fraction of sp³-hybridized carbons (Fsp3) is 0.571. The Kier molecular flexibility index (Phi) is 3.02. The van der Waals surface area contributed by atoms with Crippen molar-refractivity contribution >= 4 is 0 Å². The normalized spacial score (nSPS) is 31.2. The van der Waals surface area contributed by atoms with Gasteiger partial charge in [-0.2, -0.15) is 5.26 Å². The fourth-order valence-electron chi connectivity index (χ4n) is 3.42. The molecule has 0 amide bonds. The van der Waals surface area contributed by atoms with Crippen LogP contribution in [-0.4, -0.2) is 28.0 Å². The third-order valence-electron chi connectivity index (χ3n) is 4.22. The molecule has 3 rings (SSSR count). The average Bonchev–Trinajstić information content (AvgIpc) is 2.62. The van der Waals surface area contributed by atoms with Gasteiger partial charge in [0.25, 0.3) is 0 Å². The monoisotopic (exact) mass is 242 g/mol. The molecule has 2 aliphatic rings. The lowest BCUT2D eigenvalue weighted by atomic mass is 9.97. The molecule has 2 bridgehead atoms. The number of nitriles is 1. The number of fused-ring (bicyclic) bond motifs is 2. The molecule has 94 valence electrons. The maximum Gasteiger partial charge on any atom is 0.140 e. The maximum absolute atomic E-state index is 8.88. The highest BCUT2D eigenvalue weighted by Gasteiger charge is 2.39. The highest BCUT2D eigenvalue weighted by molar-refractivity contribution is 5.25. The molecule has 18 heavy (non-hydrogen) atoms. The first-order valence-electron chi connectivity index (χ1n) is 6.62.